The number of aromatic nitrogens is 2. The molecule has 0 amide bonds. The number of rotatable bonds is 3. The van der Waals surface area contributed by atoms with E-state index < -0.39 is 0 Å². The third-order valence-electron chi connectivity index (χ3n) is 2.82. The molecular formula is C15H12IN3. The second-order valence-corrected chi connectivity index (χ2v) is 5.46. The van der Waals surface area contributed by atoms with E-state index in [2.05, 4.69) is 62.1 Å². The average Bonchev–Trinajstić information content (AvgIpc) is 2.46. The molecule has 0 aliphatic rings. The van der Waals surface area contributed by atoms with Gasteiger partial charge in [0.2, 0.25) is 0 Å². The Morgan fingerprint density at radius 3 is 2.47 bits per heavy atom. The first-order valence-electron chi connectivity index (χ1n) is 6.01. The van der Waals surface area contributed by atoms with Gasteiger partial charge in [0.05, 0.1) is 29.5 Å². The topological polar surface area (TPSA) is 37.8 Å². The summed E-state index contributed by atoms with van der Waals surface area (Å²) < 4.78 is 1.23. The van der Waals surface area contributed by atoms with Gasteiger partial charge >= 0.3 is 0 Å². The van der Waals surface area contributed by atoms with Crippen molar-refractivity contribution in [3.63, 3.8) is 0 Å². The smallest absolute Gasteiger partial charge is 0.0890 e. The Bertz CT molecular complexity index is 695. The van der Waals surface area contributed by atoms with Crippen LogP contribution in [0.5, 0.6) is 0 Å². The van der Waals surface area contributed by atoms with Gasteiger partial charge < -0.3 is 5.32 Å². The number of hydrogen-bond donors (Lipinski definition) is 1. The largest absolute Gasteiger partial charge is 0.379 e. The van der Waals surface area contributed by atoms with Crippen molar-refractivity contribution in [1.29, 1.82) is 0 Å². The summed E-state index contributed by atoms with van der Waals surface area (Å²) in [7, 11) is 0. The first-order chi connectivity index (χ1) is 9.31. The van der Waals surface area contributed by atoms with Gasteiger partial charge in [-0.25, -0.2) is 4.98 Å². The average molecular weight is 361 g/mol. The first-order valence-corrected chi connectivity index (χ1v) is 7.09. The number of halogens is 1. The molecule has 0 saturated carbocycles. The van der Waals surface area contributed by atoms with Crippen molar-refractivity contribution in [2.24, 2.45) is 0 Å². The number of para-hydroxylation sites is 2. The Labute approximate surface area is 125 Å². The monoisotopic (exact) mass is 361 g/mol. The third-order valence-corrected chi connectivity index (χ3v) is 3.54. The SMILES string of the molecule is Ic1ccc(NCc2cnc3ccccc3n2)cc1. The Balaban J connectivity index is 1.76. The summed E-state index contributed by atoms with van der Waals surface area (Å²) in [6.45, 7) is 0.679. The van der Waals surface area contributed by atoms with Crippen molar-refractivity contribution in [2.45, 2.75) is 6.54 Å². The predicted molar refractivity (Wildman–Crippen MR) is 86.0 cm³/mol. The molecule has 94 valence electrons. The van der Waals surface area contributed by atoms with E-state index in [0.29, 0.717) is 6.54 Å². The minimum Gasteiger partial charge on any atom is -0.379 e. The molecular weight excluding hydrogens is 349 g/mol. The van der Waals surface area contributed by atoms with Crippen molar-refractivity contribution in [3.8, 4) is 0 Å². The van der Waals surface area contributed by atoms with Crippen LogP contribution in [0.25, 0.3) is 11.0 Å². The van der Waals surface area contributed by atoms with Gasteiger partial charge in [0.25, 0.3) is 0 Å². The van der Waals surface area contributed by atoms with E-state index in [0.717, 1.165) is 22.4 Å². The Hall–Kier alpha value is -1.69. The molecule has 0 saturated heterocycles. The van der Waals surface area contributed by atoms with Crippen LogP contribution in [-0.4, -0.2) is 9.97 Å². The fourth-order valence-electron chi connectivity index (χ4n) is 1.84. The number of nitrogens with one attached hydrogen (secondary N) is 1. The Morgan fingerprint density at radius 2 is 1.68 bits per heavy atom. The summed E-state index contributed by atoms with van der Waals surface area (Å²) in [6.07, 6.45) is 1.82. The molecule has 0 unspecified atom stereocenters. The summed E-state index contributed by atoms with van der Waals surface area (Å²) in [5.41, 5.74) is 3.90. The maximum Gasteiger partial charge on any atom is 0.0890 e. The minimum atomic E-state index is 0.679. The number of hydrogen-bond acceptors (Lipinski definition) is 3. The van der Waals surface area contributed by atoms with E-state index in [4.69, 9.17) is 0 Å². The van der Waals surface area contributed by atoms with Crippen molar-refractivity contribution < 1.29 is 0 Å². The number of benzene rings is 2. The lowest BCUT2D eigenvalue weighted by atomic mass is 10.3. The van der Waals surface area contributed by atoms with Gasteiger partial charge in [-0.05, 0) is 59.0 Å². The number of fused-ring (bicyclic) bond motifs is 1. The van der Waals surface area contributed by atoms with Crippen LogP contribution < -0.4 is 5.32 Å². The molecule has 1 aromatic heterocycles. The standard InChI is InChI=1S/C15H12IN3/c16-11-5-7-12(8-6-11)17-9-13-10-18-14-3-1-2-4-15(14)19-13/h1-8,10,17H,9H2. The molecule has 3 aromatic rings. The zero-order valence-corrected chi connectivity index (χ0v) is 12.3. The third kappa shape index (κ3) is 3.01. The van der Waals surface area contributed by atoms with Gasteiger partial charge in [-0.3, -0.25) is 4.98 Å². The molecule has 1 N–H and O–H groups in total. The quantitative estimate of drug-likeness (QED) is 0.721. The maximum absolute atomic E-state index is 4.58. The minimum absolute atomic E-state index is 0.679. The van der Waals surface area contributed by atoms with Crippen molar-refractivity contribution in [3.05, 3.63) is 64.0 Å². The zero-order valence-electron chi connectivity index (χ0n) is 10.2. The molecule has 3 nitrogen and oxygen atoms in total. The molecule has 0 spiro atoms. The molecule has 2 aromatic carbocycles. The highest BCUT2D eigenvalue weighted by atomic mass is 127. The molecule has 3 rings (SSSR count). The van der Waals surface area contributed by atoms with Gasteiger partial charge in [0, 0.05) is 9.26 Å². The summed E-state index contributed by atoms with van der Waals surface area (Å²) in [5.74, 6) is 0. The maximum atomic E-state index is 4.58. The highest BCUT2D eigenvalue weighted by Gasteiger charge is 1.99. The van der Waals surface area contributed by atoms with Crippen LogP contribution in [0.4, 0.5) is 5.69 Å². The highest BCUT2D eigenvalue weighted by Crippen LogP contribution is 2.13. The fourth-order valence-corrected chi connectivity index (χ4v) is 2.20. The highest BCUT2D eigenvalue weighted by molar-refractivity contribution is 14.1. The second kappa shape index (κ2) is 5.52. The molecule has 4 heteroatoms. The van der Waals surface area contributed by atoms with E-state index in [1.807, 2.05) is 30.5 Å². The van der Waals surface area contributed by atoms with Crippen LogP contribution >= 0.6 is 22.6 Å². The van der Waals surface area contributed by atoms with Crippen LogP contribution in [0.2, 0.25) is 0 Å². The Morgan fingerprint density at radius 1 is 0.947 bits per heavy atom. The predicted octanol–water partition coefficient (Wildman–Crippen LogP) is 3.85. The Kier molecular flexibility index (Phi) is 3.59. The van der Waals surface area contributed by atoms with Crippen LogP contribution in [0.3, 0.4) is 0 Å². The molecule has 0 bridgehead atoms. The van der Waals surface area contributed by atoms with E-state index >= 15 is 0 Å². The van der Waals surface area contributed by atoms with Crippen LogP contribution in [-0.2, 0) is 6.54 Å². The van der Waals surface area contributed by atoms with Crippen LogP contribution in [0.1, 0.15) is 5.69 Å². The van der Waals surface area contributed by atoms with Gasteiger partial charge in [0.1, 0.15) is 0 Å². The van der Waals surface area contributed by atoms with E-state index in [9.17, 15) is 0 Å². The van der Waals surface area contributed by atoms with Crippen molar-refractivity contribution in [2.75, 3.05) is 5.32 Å². The number of anilines is 1. The molecule has 1 heterocycles. The van der Waals surface area contributed by atoms with E-state index in [1.54, 1.807) is 0 Å². The molecule has 0 radical (unpaired) electrons. The van der Waals surface area contributed by atoms with Crippen molar-refractivity contribution >= 4 is 39.3 Å². The van der Waals surface area contributed by atoms with E-state index in [1.165, 1.54) is 3.57 Å². The number of nitrogens with zero attached hydrogens (tertiary/aromatic N) is 2. The molecule has 0 aliphatic carbocycles. The summed E-state index contributed by atoms with van der Waals surface area (Å²) in [5, 5.41) is 3.35. The summed E-state index contributed by atoms with van der Waals surface area (Å²) in [4.78, 5) is 8.99. The van der Waals surface area contributed by atoms with Crippen molar-refractivity contribution in [1.82, 2.24) is 9.97 Å². The molecule has 19 heavy (non-hydrogen) atoms. The molecule has 0 aliphatic heterocycles. The van der Waals surface area contributed by atoms with Gasteiger partial charge in [-0.15, -0.1) is 0 Å². The lowest BCUT2D eigenvalue weighted by Gasteiger charge is -2.06. The van der Waals surface area contributed by atoms with E-state index in [-0.39, 0.29) is 0 Å². The second-order valence-electron chi connectivity index (χ2n) is 4.21. The van der Waals surface area contributed by atoms with Gasteiger partial charge in [0.15, 0.2) is 0 Å². The molecule has 0 atom stereocenters. The summed E-state index contributed by atoms with van der Waals surface area (Å²) in [6, 6.07) is 16.2. The van der Waals surface area contributed by atoms with Crippen LogP contribution in [0, 0.1) is 3.57 Å². The molecule has 0 fully saturated rings. The first kappa shape index (κ1) is 12.3. The van der Waals surface area contributed by atoms with Crippen LogP contribution in [0.15, 0.2) is 54.7 Å². The lowest BCUT2D eigenvalue weighted by Crippen LogP contribution is -2.02. The fraction of sp³-hybridized carbons (Fsp3) is 0.0667. The normalized spacial score (nSPS) is 10.6. The zero-order chi connectivity index (χ0) is 13.1. The summed E-state index contributed by atoms with van der Waals surface area (Å²) >= 11 is 2.30. The van der Waals surface area contributed by atoms with Gasteiger partial charge in [-0.2, -0.15) is 0 Å². The lowest BCUT2D eigenvalue weighted by molar-refractivity contribution is 1.04. The van der Waals surface area contributed by atoms with Gasteiger partial charge in [-0.1, -0.05) is 12.1 Å².